The average Bonchev–Trinajstić information content (AvgIpc) is 2.27. The Labute approximate surface area is 103 Å². The quantitative estimate of drug-likeness (QED) is 0.708. The largest absolute Gasteiger partial charge is 0.394 e. The van der Waals surface area contributed by atoms with E-state index in [2.05, 4.69) is 0 Å². The Kier molecular flexibility index (Phi) is 4.38. The lowest BCUT2D eigenvalue weighted by Crippen LogP contribution is -2.51. The monoisotopic (exact) mass is 281 g/mol. The van der Waals surface area contributed by atoms with Crippen molar-refractivity contribution in [2.75, 3.05) is 13.2 Å². The first kappa shape index (κ1) is 15.0. The maximum Gasteiger partial charge on any atom is 0.244 e. The highest BCUT2D eigenvalue weighted by Gasteiger charge is 2.31. The summed E-state index contributed by atoms with van der Waals surface area (Å²) in [5.41, 5.74) is -1.53. The van der Waals surface area contributed by atoms with Crippen molar-refractivity contribution in [3.8, 4) is 0 Å². The van der Waals surface area contributed by atoms with Gasteiger partial charge < -0.3 is 10.2 Å². The molecule has 0 amide bonds. The highest BCUT2D eigenvalue weighted by molar-refractivity contribution is 7.89. The maximum absolute atomic E-state index is 13.3. The van der Waals surface area contributed by atoms with Gasteiger partial charge >= 0.3 is 0 Å². The van der Waals surface area contributed by atoms with Crippen molar-refractivity contribution in [2.24, 2.45) is 0 Å². The van der Waals surface area contributed by atoms with Crippen molar-refractivity contribution < 1.29 is 27.4 Å². The molecule has 0 saturated heterocycles. The highest BCUT2D eigenvalue weighted by atomic mass is 32.2. The third-order valence-corrected chi connectivity index (χ3v) is 3.93. The fourth-order valence-electron chi connectivity index (χ4n) is 1.19. The van der Waals surface area contributed by atoms with E-state index in [9.17, 15) is 17.2 Å². The second-order valence-corrected chi connectivity index (χ2v) is 5.71. The van der Waals surface area contributed by atoms with Gasteiger partial charge in [0.25, 0.3) is 0 Å². The first-order valence-corrected chi connectivity index (χ1v) is 6.43. The normalized spacial score (nSPS) is 12.7. The molecule has 0 heterocycles. The van der Waals surface area contributed by atoms with Crippen molar-refractivity contribution >= 4 is 10.0 Å². The Bertz CT molecular complexity index is 529. The van der Waals surface area contributed by atoms with Crippen LogP contribution >= 0.6 is 0 Å². The van der Waals surface area contributed by atoms with Gasteiger partial charge in [0.05, 0.1) is 18.8 Å². The molecule has 0 unspecified atom stereocenters. The Morgan fingerprint density at radius 2 is 1.83 bits per heavy atom. The standard InChI is InChI=1S/C10H13F2NO4S/c1-10(5-14,6-15)13-18(16,17)9-3-2-7(11)4-8(9)12/h2-4,13-15H,5-6H2,1H3. The molecule has 3 N–H and O–H groups in total. The van der Waals surface area contributed by atoms with Crippen molar-refractivity contribution in [1.29, 1.82) is 0 Å². The van der Waals surface area contributed by atoms with Gasteiger partial charge in [-0.15, -0.1) is 0 Å². The van der Waals surface area contributed by atoms with Gasteiger partial charge in [-0.05, 0) is 19.1 Å². The first-order chi connectivity index (χ1) is 8.24. The zero-order chi connectivity index (χ0) is 14.0. The molecule has 0 fully saturated rings. The lowest BCUT2D eigenvalue weighted by Gasteiger charge is -2.25. The van der Waals surface area contributed by atoms with E-state index in [4.69, 9.17) is 10.2 Å². The molecule has 0 aliphatic rings. The topological polar surface area (TPSA) is 86.6 Å². The Morgan fingerprint density at radius 1 is 1.28 bits per heavy atom. The molecule has 0 radical (unpaired) electrons. The van der Waals surface area contributed by atoms with Crippen molar-refractivity contribution in [2.45, 2.75) is 17.4 Å². The van der Waals surface area contributed by atoms with Crippen LogP contribution in [0.3, 0.4) is 0 Å². The molecule has 1 aromatic carbocycles. The second kappa shape index (κ2) is 5.27. The van der Waals surface area contributed by atoms with Gasteiger partial charge in [0, 0.05) is 6.07 Å². The summed E-state index contributed by atoms with van der Waals surface area (Å²) in [6, 6.07) is 2.00. The number of nitrogens with one attached hydrogen (secondary N) is 1. The van der Waals surface area contributed by atoms with Crippen LogP contribution in [0.5, 0.6) is 0 Å². The third-order valence-electron chi connectivity index (χ3n) is 2.26. The number of hydrogen-bond acceptors (Lipinski definition) is 4. The molecule has 0 spiro atoms. The minimum absolute atomic E-state index is 0.434. The molecule has 102 valence electrons. The number of rotatable bonds is 5. The first-order valence-electron chi connectivity index (χ1n) is 4.95. The summed E-state index contributed by atoms with van der Waals surface area (Å²) in [6.07, 6.45) is 0. The summed E-state index contributed by atoms with van der Waals surface area (Å²) in [7, 11) is -4.30. The summed E-state index contributed by atoms with van der Waals surface area (Å²) in [5.74, 6) is -2.15. The number of sulfonamides is 1. The second-order valence-electron chi connectivity index (χ2n) is 4.06. The fraction of sp³-hybridized carbons (Fsp3) is 0.400. The average molecular weight is 281 g/mol. The fourth-order valence-corrected chi connectivity index (χ4v) is 2.64. The predicted molar refractivity (Wildman–Crippen MR) is 59.3 cm³/mol. The van der Waals surface area contributed by atoms with Crippen molar-refractivity contribution in [1.82, 2.24) is 4.72 Å². The van der Waals surface area contributed by atoms with Gasteiger partial charge in [-0.1, -0.05) is 0 Å². The Hall–Kier alpha value is -1.09. The molecule has 0 atom stereocenters. The predicted octanol–water partition coefficient (Wildman–Crippen LogP) is -0.0136. The summed E-state index contributed by atoms with van der Waals surface area (Å²) >= 11 is 0. The van der Waals surface area contributed by atoms with E-state index in [1.165, 1.54) is 6.92 Å². The zero-order valence-corrected chi connectivity index (χ0v) is 10.3. The summed E-state index contributed by atoms with van der Waals surface area (Å²) in [4.78, 5) is -0.753. The summed E-state index contributed by atoms with van der Waals surface area (Å²) < 4.78 is 51.6. The van der Waals surface area contributed by atoms with Gasteiger partial charge in [-0.25, -0.2) is 21.9 Å². The molecule has 0 saturated carbocycles. The van der Waals surface area contributed by atoms with Crippen LogP contribution in [0, 0.1) is 11.6 Å². The van der Waals surface area contributed by atoms with Crippen molar-refractivity contribution in [3.63, 3.8) is 0 Å². The minimum Gasteiger partial charge on any atom is -0.394 e. The molecule has 0 aliphatic carbocycles. The van der Waals surface area contributed by atoms with Gasteiger partial charge in [0.2, 0.25) is 10.0 Å². The van der Waals surface area contributed by atoms with Crippen LogP contribution in [-0.4, -0.2) is 37.4 Å². The molecule has 0 aromatic heterocycles. The smallest absolute Gasteiger partial charge is 0.244 e. The Balaban J connectivity index is 3.15. The van der Waals surface area contributed by atoms with E-state index in [-0.39, 0.29) is 0 Å². The number of benzene rings is 1. The van der Waals surface area contributed by atoms with Crippen LogP contribution in [0.1, 0.15) is 6.92 Å². The van der Waals surface area contributed by atoms with Crippen LogP contribution in [0.4, 0.5) is 8.78 Å². The molecule has 5 nitrogen and oxygen atoms in total. The SMILES string of the molecule is CC(CO)(CO)NS(=O)(=O)c1ccc(F)cc1F. The number of halogens is 2. The van der Waals surface area contributed by atoms with E-state index in [1.54, 1.807) is 0 Å². The number of aliphatic hydroxyl groups is 2. The minimum atomic E-state index is -4.30. The van der Waals surface area contributed by atoms with Crippen LogP contribution in [0.15, 0.2) is 23.1 Å². The van der Waals surface area contributed by atoms with Crippen LogP contribution in [0.25, 0.3) is 0 Å². The van der Waals surface area contributed by atoms with Crippen LogP contribution < -0.4 is 4.72 Å². The van der Waals surface area contributed by atoms with Crippen LogP contribution in [0.2, 0.25) is 0 Å². The lowest BCUT2D eigenvalue weighted by atomic mass is 10.1. The van der Waals surface area contributed by atoms with E-state index >= 15 is 0 Å². The van der Waals surface area contributed by atoms with Gasteiger partial charge in [0.1, 0.15) is 16.5 Å². The number of hydrogen-bond donors (Lipinski definition) is 3. The lowest BCUT2D eigenvalue weighted by molar-refractivity contribution is 0.121. The molecule has 0 bridgehead atoms. The zero-order valence-electron chi connectivity index (χ0n) is 9.52. The Morgan fingerprint density at radius 3 is 2.28 bits per heavy atom. The molecular weight excluding hydrogens is 268 g/mol. The van der Waals surface area contributed by atoms with E-state index < -0.39 is 45.3 Å². The van der Waals surface area contributed by atoms with E-state index in [1.807, 2.05) is 4.72 Å². The summed E-state index contributed by atoms with van der Waals surface area (Å²) in [5, 5.41) is 17.9. The molecule has 0 aliphatic heterocycles. The van der Waals surface area contributed by atoms with Crippen LogP contribution in [-0.2, 0) is 10.0 Å². The molecule has 1 aromatic rings. The highest BCUT2D eigenvalue weighted by Crippen LogP contribution is 2.17. The van der Waals surface area contributed by atoms with E-state index in [0.717, 1.165) is 12.1 Å². The molecule has 8 heteroatoms. The van der Waals surface area contributed by atoms with Gasteiger partial charge in [-0.3, -0.25) is 0 Å². The van der Waals surface area contributed by atoms with Crippen molar-refractivity contribution in [3.05, 3.63) is 29.8 Å². The maximum atomic E-state index is 13.3. The van der Waals surface area contributed by atoms with Gasteiger partial charge in [-0.2, -0.15) is 0 Å². The third kappa shape index (κ3) is 3.22. The number of aliphatic hydroxyl groups excluding tert-OH is 2. The molecular formula is C10H13F2NO4S. The van der Waals surface area contributed by atoms with E-state index in [0.29, 0.717) is 6.07 Å². The molecule has 18 heavy (non-hydrogen) atoms. The summed E-state index contributed by atoms with van der Waals surface area (Å²) in [6.45, 7) is -0.108. The molecule has 1 rings (SSSR count). The van der Waals surface area contributed by atoms with Gasteiger partial charge in [0.15, 0.2) is 0 Å².